The van der Waals surface area contributed by atoms with Gasteiger partial charge in [0.1, 0.15) is 0 Å². The molecule has 3 heteroatoms. The molecule has 0 saturated carbocycles. The summed E-state index contributed by atoms with van der Waals surface area (Å²) >= 11 is 0. The molecule has 34 heavy (non-hydrogen) atoms. The third kappa shape index (κ3) is 2.77. The molecule has 2 heterocycles. The monoisotopic (exact) mass is 435 g/mol. The Morgan fingerprint density at radius 1 is 0.588 bits per heavy atom. The maximum absolute atomic E-state index is 5.16. The molecule has 5 aromatic carbocycles. The average molecular weight is 436 g/mol. The minimum atomic E-state index is 0.932. The Morgan fingerprint density at radius 2 is 1.32 bits per heavy atom. The standard InChI is InChI=1S/C31H21N3/c1-20-30(33-31-24-12-6-5-9-21(24)15-17-27(31)32-20)22-16-18-29-26(19-22)25-13-7-8-14-28(25)34(29)23-10-3-2-4-11-23/h2-19H,1H3. The Balaban J connectivity index is 1.51. The van der Waals surface area contributed by atoms with E-state index < -0.39 is 0 Å². The van der Waals surface area contributed by atoms with Crippen molar-refractivity contribution in [1.82, 2.24) is 14.5 Å². The molecule has 7 aromatic rings. The van der Waals surface area contributed by atoms with E-state index in [9.17, 15) is 0 Å². The number of aromatic nitrogens is 3. The van der Waals surface area contributed by atoms with E-state index in [-0.39, 0.29) is 0 Å². The van der Waals surface area contributed by atoms with E-state index in [1.807, 2.05) is 0 Å². The predicted octanol–water partition coefficient (Wildman–Crippen LogP) is 7.86. The van der Waals surface area contributed by atoms with Crippen molar-refractivity contribution >= 4 is 43.6 Å². The van der Waals surface area contributed by atoms with Gasteiger partial charge in [0.05, 0.1) is 33.5 Å². The second kappa shape index (κ2) is 7.26. The quantitative estimate of drug-likeness (QED) is 0.259. The van der Waals surface area contributed by atoms with Gasteiger partial charge in [-0.1, -0.05) is 72.8 Å². The van der Waals surface area contributed by atoms with Crippen molar-refractivity contribution in [3.8, 4) is 16.9 Å². The smallest absolute Gasteiger partial charge is 0.0972 e. The van der Waals surface area contributed by atoms with Gasteiger partial charge < -0.3 is 4.57 Å². The summed E-state index contributed by atoms with van der Waals surface area (Å²) in [7, 11) is 0. The summed E-state index contributed by atoms with van der Waals surface area (Å²) in [5.74, 6) is 0. The van der Waals surface area contributed by atoms with Crippen LogP contribution in [0.4, 0.5) is 0 Å². The van der Waals surface area contributed by atoms with Crippen molar-refractivity contribution in [2.75, 3.05) is 0 Å². The van der Waals surface area contributed by atoms with Crippen LogP contribution in [0.2, 0.25) is 0 Å². The molecule has 0 radical (unpaired) electrons. The first-order valence-electron chi connectivity index (χ1n) is 11.5. The van der Waals surface area contributed by atoms with E-state index in [4.69, 9.17) is 9.97 Å². The number of rotatable bonds is 2. The van der Waals surface area contributed by atoms with Crippen molar-refractivity contribution in [2.24, 2.45) is 0 Å². The Bertz CT molecular complexity index is 1860. The number of fused-ring (bicyclic) bond motifs is 6. The van der Waals surface area contributed by atoms with Gasteiger partial charge in [-0.3, -0.25) is 0 Å². The van der Waals surface area contributed by atoms with Gasteiger partial charge in [0, 0.05) is 27.4 Å². The van der Waals surface area contributed by atoms with Gasteiger partial charge in [0.25, 0.3) is 0 Å². The molecule has 7 rings (SSSR count). The van der Waals surface area contributed by atoms with Gasteiger partial charge in [-0.15, -0.1) is 0 Å². The molecule has 0 aliphatic carbocycles. The van der Waals surface area contributed by atoms with Crippen LogP contribution in [0, 0.1) is 6.92 Å². The summed E-state index contributed by atoms with van der Waals surface area (Å²) in [6.45, 7) is 2.05. The summed E-state index contributed by atoms with van der Waals surface area (Å²) in [5.41, 5.74) is 8.39. The zero-order chi connectivity index (χ0) is 22.6. The third-order valence-electron chi connectivity index (χ3n) is 6.69. The molecule has 2 aromatic heterocycles. The topological polar surface area (TPSA) is 30.7 Å². The summed E-state index contributed by atoms with van der Waals surface area (Å²) in [6, 6.07) is 38.4. The van der Waals surface area contributed by atoms with Gasteiger partial charge >= 0.3 is 0 Å². The summed E-state index contributed by atoms with van der Waals surface area (Å²) < 4.78 is 2.33. The largest absolute Gasteiger partial charge is 0.309 e. The lowest BCUT2D eigenvalue weighted by Gasteiger charge is -2.10. The van der Waals surface area contributed by atoms with Crippen molar-refractivity contribution in [1.29, 1.82) is 0 Å². The van der Waals surface area contributed by atoms with Crippen LogP contribution in [0.25, 0.3) is 60.6 Å². The zero-order valence-corrected chi connectivity index (χ0v) is 18.7. The number of nitrogens with zero attached hydrogens (tertiary/aromatic N) is 3. The highest BCUT2D eigenvalue weighted by molar-refractivity contribution is 6.10. The number of para-hydroxylation sites is 2. The normalized spacial score (nSPS) is 11.7. The van der Waals surface area contributed by atoms with Crippen molar-refractivity contribution in [3.63, 3.8) is 0 Å². The molecule has 0 aliphatic rings. The molecule has 0 spiro atoms. The summed E-state index contributed by atoms with van der Waals surface area (Å²) in [5, 5.41) is 4.77. The molecular weight excluding hydrogens is 414 g/mol. The first kappa shape index (κ1) is 19.0. The molecule has 3 nitrogen and oxygen atoms in total. The fourth-order valence-corrected chi connectivity index (χ4v) is 5.13. The molecule has 160 valence electrons. The minimum Gasteiger partial charge on any atom is -0.309 e. The average Bonchev–Trinajstić information content (AvgIpc) is 3.22. The lowest BCUT2D eigenvalue weighted by Crippen LogP contribution is -1.96. The van der Waals surface area contributed by atoms with E-state index >= 15 is 0 Å². The second-order valence-corrected chi connectivity index (χ2v) is 8.73. The zero-order valence-electron chi connectivity index (χ0n) is 18.7. The van der Waals surface area contributed by atoms with Crippen LogP contribution in [0.3, 0.4) is 0 Å². The fraction of sp³-hybridized carbons (Fsp3) is 0.0323. The van der Waals surface area contributed by atoms with E-state index in [1.54, 1.807) is 0 Å². The van der Waals surface area contributed by atoms with E-state index in [1.165, 1.54) is 27.2 Å². The van der Waals surface area contributed by atoms with Crippen molar-refractivity contribution < 1.29 is 0 Å². The minimum absolute atomic E-state index is 0.932. The molecule has 0 aliphatic heterocycles. The predicted molar refractivity (Wildman–Crippen MR) is 142 cm³/mol. The second-order valence-electron chi connectivity index (χ2n) is 8.73. The number of aryl methyl sites for hydroxylation is 1. The van der Waals surface area contributed by atoms with Crippen LogP contribution >= 0.6 is 0 Å². The van der Waals surface area contributed by atoms with E-state index in [0.29, 0.717) is 0 Å². The Morgan fingerprint density at radius 3 is 2.21 bits per heavy atom. The highest BCUT2D eigenvalue weighted by Crippen LogP contribution is 2.35. The van der Waals surface area contributed by atoms with Crippen molar-refractivity contribution in [3.05, 3.63) is 115 Å². The van der Waals surface area contributed by atoms with Crippen LogP contribution in [0.5, 0.6) is 0 Å². The van der Waals surface area contributed by atoms with Crippen molar-refractivity contribution in [2.45, 2.75) is 6.92 Å². The SMILES string of the molecule is Cc1nc2ccc3ccccc3c2nc1-c1ccc2c(c1)c1ccccc1n2-c1ccccc1. The fourth-order valence-electron chi connectivity index (χ4n) is 5.13. The van der Waals surface area contributed by atoms with Crippen LogP contribution in [-0.4, -0.2) is 14.5 Å². The van der Waals surface area contributed by atoms with Crippen LogP contribution in [0.1, 0.15) is 5.69 Å². The third-order valence-corrected chi connectivity index (χ3v) is 6.69. The first-order valence-corrected chi connectivity index (χ1v) is 11.5. The molecule has 0 fully saturated rings. The van der Waals surface area contributed by atoms with E-state index in [0.717, 1.165) is 39.1 Å². The lowest BCUT2D eigenvalue weighted by molar-refractivity contribution is 1.18. The van der Waals surface area contributed by atoms with Crippen LogP contribution < -0.4 is 0 Å². The molecule has 0 atom stereocenters. The van der Waals surface area contributed by atoms with Gasteiger partial charge in [0.2, 0.25) is 0 Å². The van der Waals surface area contributed by atoms with Crippen LogP contribution in [-0.2, 0) is 0 Å². The molecule has 0 amide bonds. The van der Waals surface area contributed by atoms with Gasteiger partial charge in [-0.05, 0) is 48.7 Å². The molecule has 0 unspecified atom stereocenters. The maximum Gasteiger partial charge on any atom is 0.0972 e. The lowest BCUT2D eigenvalue weighted by atomic mass is 10.0. The first-order chi connectivity index (χ1) is 16.8. The van der Waals surface area contributed by atoms with E-state index in [2.05, 4.69) is 121 Å². The molecule has 0 bridgehead atoms. The summed E-state index contributed by atoms with van der Waals surface area (Å²) in [4.78, 5) is 10.1. The van der Waals surface area contributed by atoms with Gasteiger partial charge in [-0.25, -0.2) is 9.97 Å². The number of benzene rings is 5. The van der Waals surface area contributed by atoms with Crippen LogP contribution in [0.15, 0.2) is 109 Å². The molecular formula is C31H21N3. The Labute approximate surface area is 196 Å². The summed E-state index contributed by atoms with van der Waals surface area (Å²) in [6.07, 6.45) is 0. The Hall–Kier alpha value is -4.50. The highest BCUT2D eigenvalue weighted by atomic mass is 15.0. The number of hydrogen-bond donors (Lipinski definition) is 0. The molecule has 0 N–H and O–H groups in total. The number of hydrogen-bond acceptors (Lipinski definition) is 2. The van der Waals surface area contributed by atoms with Gasteiger partial charge in [-0.2, -0.15) is 0 Å². The highest BCUT2D eigenvalue weighted by Gasteiger charge is 2.15. The maximum atomic E-state index is 5.16. The molecule has 0 saturated heterocycles. The van der Waals surface area contributed by atoms with Gasteiger partial charge in [0.15, 0.2) is 0 Å². The Kier molecular flexibility index (Phi) is 4.06.